The fourth-order valence-electron chi connectivity index (χ4n) is 12.3. The van der Waals surface area contributed by atoms with Gasteiger partial charge in [0.25, 0.3) is 0 Å². The number of likely N-dealkylation sites (N-methyl/N-ethyl adjacent to an activating group) is 1. The molecule has 1 saturated heterocycles. The van der Waals surface area contributed by atoms with Crippen LogP contribution in [-0.4, -0.2) is 221 Å². The lowest BCUT2D eigenvalue weighted by atomic mass is 9.86. The van der Waals surface area contributed by atoms with Gasteiger partial charge in [0.2, 0.25) is 53.2 Å². The van der Waals surface area contributed by atoms with Crippen molar-refractivity contribution in [1.29, 1.82) is 0 Å². The summed E-state index contributed by atoms with van der Waals surface area (Å²) >= 11 is 1.43. The molecule has 35 nitrogen and oxygen atoms in total. The van der Waals surface area contributed by atoms with Gasteiger partial charge in [-0.15, -0.1) is 11.3 Å². The molecule has 0 spiro atoms. The van der Waals surface area contributed by atoms with Crippen LogP contribution in [0.5, 0.6) is 0 Å². The molecule has 2 heterocycles. The third-order valence-electron chi connectivity index (χ3n) is 18.2. The van der Waals surface area contributed by atoms with E-state index in [-0.39, 0.29) is 127 Å². The SMILES string of the molecule is CN[C@@H](CCCN=C(N)N)C(=O)N[C@@H](Cc1ccc2ccccc2c1)C(=O)N[C@@H](Cc1csc2ccccc12)C(=O)N1CCCC[C@H]1C(=O)N[C@H](C(=O)N[C@H](C(=O)N[C@@H](CCCN=C(N)N)C(=O)N[C@H](C(=O)O)C(C)(C)C)[C@@H](C)O)C(C)(C)SSCCC(=O)N[C@H](CCCN=C(N)N)C(=O)N[C@H](C=O)CCCN=C(N)N. The molecule has 111 heavy (non-hydrogen) atoms. The number of aldehydes is 1. The van der Waals surface area contributed by atoms with Gasteiger partial charge in [0.15, 0.2) is 23.8 Å². The van der Waals surface area contributed by atoms with Crippen LogP contribution in [0.1, 0.15) is 130 Å². The summed E-state index contributed by atoms with van der Waals surface area (Å²) in [6, 6.07) is 7.53. The number of nitrogens with zero attached hydrogens (tertiary/aromatic N) is 5. The molecule has 0 unspecified atom stereocenters. The predicted molar refractivity (Wildman–Crippen MR) is 434 cm³/mol. The maximum Gasteiger partial charge on any atom is 0.326 e. The Bertz CT molecular complexity index is 3950. The van der Waals surface area contributed by atoms with Crippen LogP contribution in [0.25, 0.3) is 20.9 Å². The average Bonchev–Trinajstić information content (AvgIpc) is 1.72. The summed E-state index contributed by atoms with van der Waals surface area (Å²) in [5.74, 6) is -9.05. The second kappa shape index (κ2) is 45.3. The number of thiophene rings is 1. The molecule has 0 saturated carbocycles. The molecule has 1 aliphatic heterocycles. The molecule has 11 atom stereocenters. The third-order valence-corrected chi connectivity index (χ3v) is 22.5. The van der Waals surface area contributed by atoms with Crippen LogP contribution in [0.4, 0.5) is 0 Å². The first-order valence-corrected chi connectivity index (χ1v) is 39.9. The third kappa shape index (κ3) is 30.6. The van der Waals surface area contributed by atoms with Crippen molar-refractivity contribution < 1.29 is 63.0 Å². The highest BCUT2D eigenvalue weighted by Gasteiger charge is 2.45. The summed E-state index contributed by atoms with van der Waals surface area (Å²) in [7, 11) is 3.75. The molecule has 0 radical (unpaired) electrons. The van der Waals surface area contributed by atoms with Gasteiger partial charge in [0, 0.05) is 67.2 Å². The number of benzene rings is 3. The van der Waals surface area contributed by atoms with E-state index in [1.165, 1.54) is 23.2 Å². The van der Waals surface area contributed by atoms with Gasteiger partial charge < -0.3 is 114 Å². The molecule has 9 amide bonds. The van der Waals surface area contributed by atoms with Crippen LogP contribution < -0.4 is 93.7 Å². The van der Waals surface area contributed by atoms with E-state index in [4.69, 9.17) is 45.9 Å². The quantitative estimate of drug-likeness (QED) is 0.00843. The minimum atomic E-state index is -1.86. The summed E-state index contributed by atoms with van der Waals surface area (Å²) in [5.41, 5.74) is 44.6. The first-order chi connectivity index (χ1) is 52.5. The molecular weight excluding hydrogens is 1490 g/mol. The van der Waals surface area contributed by atoms with Crippen molar-refractivity contribution in [3.8, 4) is 0 Å². The van der Waals surface area contributed by atoms with Crippen molar-refractivity contribution >= 4 is 143 Å². The predicted octanol–water partition coefficient (Wildman–Crippen LogP) is -0.838. The number of carboxylic acids is 1. The summed E-state index contributed by atoms with van der Waals surface area (Å²) in [6.07, 6.45) is 0.893. The molecule has 0 aliphatic carbocycles. The molecule has 27 N–H and O–H groups in total. The number of aliphatic carboxylic acids is 1. The minimum Gasteiger partial charge on any atom is -0.480 e. The van der Waals surface area contributed by atoms with E-state index in [1.54, 1.807) is 41.7 Å². The van der Waals surface area contributed by atoms with E-state index in [0.717, 1.165) is 42.4 Å². The maximum atomic E-state index is 15.8. The lowest BCUT2D eigenvalue weighted by molar-refractivity contribution is -0.146. The molecule has 1 aromatic heterocycles. The van der Waals surface area contributed by atoms with Gasteiger partial charge >= 0.3 is 5.97 Å². The number of aliphatic hydroxyl groups is 1. The highest BCUT2D eigenvalue weighted by Crippen LogP contribution is 2.39. The van der Waals surface area contributed by atoms with Gasteiger partial charge in [-0.3, -0.25) is 63.1 Å². The van der Waals surface area contributed by atoms with Crippen LogP contribution >= 0.6 is 32.9 Å². The minimum absolute atomic E-state index is 0.00659. The largest absolute Gasteiger partial charge is 0.480 e. The number of aliphatic hydroxyl groups excluding tert-OH is 1. The van der Waals surface area contributed by atoms with Gasteiger partial charge in [0.05, 0.1) is 18.2 Å². The normalized spacial score (nSPS) is 15.6. The second-order valence-corrected chi connectivity index (χ2v) is 32.6. The fraction of sp³-hybridized carbons (Fsp3) is 0.548. The van der Waals surface area contributed by atoms with Gasteiger partial charge in [0.1, 0.15) is 54.6 Å². The highest BCUT2D eigenvalue weighted by atomic mass is 33.1. The number of nitrogens with two attached hydrogens (primary N) is 8. The van der Waals surface area contributed by atoms with Crippen LogP contribution in [0.15, 0.2) is 92.1 Å². The summed E-state index contributed by atoms with van der Waals surface area (Å²) in [4.78, 5) is 174. The number of hydrogen-bond donors (Lipinski definition) is 19. The van der Waals surface area contributed by atoms with E-state index in [0.29, 0.717) is 43.1 Å². The highest BCUT2D eigenvalue weighted by molar-refractivity contribution is 8.77. The Hall–Kier alpha value is -10.0. The van der Waals surface area contributed by atoms with Crippen LogP contribution in [0.2, 0.25) is 0 Å². The van der Waals surface area contributed by atoms with Crippen molar-refractivity contribution in [3.05, 3.63) is 83.2 Å². The van der Waals surface area contributed by atoms with Crippen LogP contribution in [0.3, 0.4) is 0 Å². The Morgan fingerprint density at radius 1 is 0.595 bits per heavy atom. The van der Waals surface area contributed by atoms with E-state index in [9.17, 15) is 43.8 Å². The second-order valence-electron chi connectivity index (χ2n) is 28.7. The zero-order chi connectivity index (χ0) is 82.1. The number of rotatable bonds is 46. The number of guanidine groups is 4. The zero-order valence-electron chi connectivity index (χ0n) is 64.0. The molecule has 1 aliphatic rings. The van der Waals surface area contributed by atoms with Crippen molar-refractivity contribution in [2.24, 2.45) is 71.3 Å². The molecule has 3 aromatic carbocycles. The average molecular weight is 1600 g/mol. The number of carbonyl (C=O) groups is 11. The Morgan fingerprint density at radius 2 is 1.13 bits per heavy atom. The van der Waals surface area contributed by atoms with Gasteiger partial charge in [-0.25, -0.2) is 4.79 Å². The van der Waals surface area contributed by atoms with Crippen molar-refractivity contribution in [3.63, 3.8) is 0 Å². The Morgan fingerprint density at radius 3 is 1.70 bits per heavy atom. The molecule has 1 fully saturated rings. The smallest absolute Gasteiger partial charge is 0.326 e. The number of nitrogens with one attached hydrogen (secondary N) is 9. The van der Waals surface area contributed by atoms with Gasteiger partial charge in [-0.1, -0.05) is 103 Å². The monoisotopic (exact) mass is 1600 g/mol. The van der Waals surface area contributed by atoms with Gasteiger partial charge in [-0.2, -0.15) is 0 Å². The van der Waals surface area contributed by atoms with Crippen molar-refractivity contribution in [1.82, 2.24) is 52.8 Å². The maximum absolute atomic E-state index is 15.8. The summed E-state index contributed by atoms with van der Waals surface area (Å²) in [6.45, 7) is 9.68. The number of hydrogen-bond acceptors (Lipinski definition) is 20. The fourth-order valence-corrected chi connectivity index (χ4v) is 15.9. The molecular formula is C73H112N22O13S3. The Kier molecular flexibility index (Phi) is 37.4. The molecule has 38 heteroatoms. The number of likely N-dealkylation sites (tertiary alicyclic amines) is 1. The van der Waals surface area contributed by atoms with E-state index in [2.05, 4.69) is 67.8 Å². The zero-order valence-corrected chi connectivity index (χ0v) is 66.4. The number of fused-ring (bicyclic) bond motifs is 2. The van der Waals surface area contributed by atoms with Crippen molar-refractivity contribution in [2.45, 2.75) is 203 Å². The van der Waals surface area contributed by atoms with E-state index >= 15 is 19.2 Å². The number of piperidine rings is 1. The Balaban J connectivity index is 1.53. The summed E-state index contributed by atoms with van der Waals surface area (Å²) in [5, 5.41) is 50.9. The lowest BCUT2D eigenvalue weighted by Crippen LogP contribution is -2.65. The van der Waals surface area contributed by atoms with Crippen molar-refractivity contribution in [2.75, 3.05) is 45.5 Å². The number of amides is 9. The van der Waals surface area contributed by atoms with Gasteiger partial charge in [-0.05, 0) is 143 Å². The molecule has 4 aromatic rings. The number of aliphatic imine (C=N–C) groups is 4. The molecule has 5 rings (SSSR count). The van der Waals surface area contributed by atoms with Crippen LogP contribution in [-0.2, 0) is 65.6 Å². The Labute approximate surface area is 658 Å². The topological polar surface area (TPSA) is 597 Å². The molecule has 0 bridgehead atoms. The first kappa shape index (κ1) is 91.6. The van der Waals surface area contributed by atoms with E-state index < -0.39 is 136 Å². The molecule has 610 valence electrons. The van der Waals surface area contributed by atoms with E-state index in [1.807, 2.05) is 72.1 Å². The summed E-state index contributed by atoms with van der Waals surface area (Å²) < 4.78 is -0.550. The first-order valence-electron chi connectivity index (χ1n) is 36.7. The number of carboxylic acid groups (broad SMARTS) is 1. The standard InChI is InChI=1S/C73H112N22O13S3/c1-41(97)56(64(104)89-50(24-17-33-86-71(80)81)61(101)94-58(67(107)108)72(2,3)4)92-65(105)57(73(5,6)111-110-35-29-55(98)88-49(23-16-32-85-70(78)79)60(100)87-46(39-96)20-14-30-83-68(74)75)93-63(103)53-25-12-13-34-95(53)66(106)52(38-45-40-109-54-26-11-10-21-47(45)54)91-62(102)51(37-42-27-28-43-18-8-9-19-44(43)36-42)90-59(99)48(82-7)22-15-31-84-69(76)77/h8-11,18-19,21,26-28,36,39-41,46,48-53,56-58,82,97H,12-17,20,22-25,29-35,37-38H2,1-7H3,(H,87,100)(H,88,98)(H,89,104)(H,90,99)(H,91,102)(H,92,105)(H,93,103)(H,94,101)(H,107,108)(H4,74,75,83)(H4,76,77,84)(H4,78,79,85)(H4,80,81,86)/t41-,46+,48+,49-,50+,51+,52+,53+,56+,57-,58-/m1/s1. The van der Waals surface area contributed by atoms with Crippen LogP contribution in [0, 0.1) is 5.41 Å². The number of carbonyl (C=O) groups excluding carboxylic acids is 10. The lowest BCUT2D eigenvalue weighted by Gasteiger charge is -2.40.